The van der Waals surface area contributed by atoms with Crippen molar-refractivity contribution in [3.63, 3.8) is 0 Å². The molecule has 37 heavy (non-hydrogen) atoms. The molecule has 2 aromatic carbocycles. The largest absolute Gasteiger partial charge is 1.00 e. The van der Waals surface area contributed by atoms with Gasteiger partial charge in [0, 0.05) is 44.8 Å². The van der Waals surface area contributed by atoms with Crippen LogP contribution in [0.2, 0.25) is 0 Å². The van der Waals surface area contributed by atoms with Crippen LogP contribution in [0.5, 0.6) is 0 Å². The van der Waals surface area contributed by atoms with E-state index >= 15 is 0 Å². The van der Waals surface area contributed by atoms with Crippen molar-refractivity contribution < 1.29 is 36.9 Å². The Kier molecular flexibility index (Phi) is 10.9. The van der Waals surface area contributed by atoms with Crippen molar-refractivity contribution in [2.24, 2.45) is 0 Å². The van der Waals surface area contributed by atoms with Crippen LogP contribution in [0.4, 0.5) is 17.1 Å². The van der Waals surface area contributed by atoms with Crippen LogP contribution in [0, 0.1) is 0 Å². The van der Waals surface area contributed by atoms with Gasteiger partial charge < -0.3 is 32.7 Å². The van der Waals surface area contributed by atoms with Gasteiger partial charge in [0.2, 0.25) is 11.8 Å². The number of rotatable bonds is 6. The van der Waals surface area contributed by atoms with Crippen LogP contribution in [0.25, 0.3) is 0 Å². The Morgan fingerprint density at radius 3 is 2.14 bits per heavy atom. The van der Waals surface area contributed by atoms with Gasteiger partial charge in [-0.3, -0.25) is 24.3 Å². The first-order valence-electron chi connectivity index (χ1n) is 12.6. The number of anilines is 3. The lowest BCUT2D eigenvalue weighted by molar-refractivity contribution is -0.120. The van der Waals surface area contributed by atoms with Crippen LogP contribution in [-0.4, -0.2) is 92.8 Å². The molecule has 3 heterocycles. The smallest absolute Gasteiger partial charge is 0.245 e. The van der Waals surface area contributed by atoms with Crippen molar-refractivity contribution in [1.29, 1.82) is 0 Å². The molecule has 0 saturated carbocycles. The number of nitrogens with one attached hydrogen (secondary N) is 1. The monoisotopic (exact) mass is 531 g/mol. The summed E-state index contributed by atoms with van der Waals surface area (Å²) in [5.74, 6) is 0.0231. The van der Waals surface area contributed by atoms with Crippen LogP contribution in [0.3, 0.4) is 0 Å². The second kappa shape index (κ2) is 13.9. The maximum Gasteiger partial charge on any atom is 0.245 e. The van der Waals surface area contributed by atoms with Crippen LogP contribution in [0.15, 0.2) is 42.5 Å². The van der Waals surface area contributed by atoms with Crippen molar-refractivity contribution in [3.05, 3.63) is 53.6 Å². The first-order chi connectivity index (χ1) is 17.2. The summed E-state index contributed by atoms with van der Waals surface area (Å²) in [6.07, 6.45) is 2.15. The molecule has 0 aromatic heterocycles. The molecule has 5 rings (SSSR count). The molecule has 3 aliphatic heterocycles. The van der Waals surface area contributed by atoms with Gasteiger partial charge in [0.25, 0.3) is 0 Å². The number of ether oxygens (including phenoxy) is 2. The fraction of sp³-hybridized carbons (Fsp3) is 0.481. The lowest BCUT2D eigenvalue weighted by Gasteiger charge is -2.30. The number of hydrogen-bond donors (Lipinski definition) is 1. The molecule has 9 nitrogen and oxygen atoms in total. The van der Waals surface area contributed by atoms with E-state index in [2.05, 4.69) is 21.2 Å². The van der Waals surface area contributed by atoms with E-state index in [9.17, 15) is 9.59 Å². The van der Waals surface area contributed by atoms with Crippen molar-refractivity contribution >= 4 is 28.9 Å². The van der Waals surface area contributed by atoms with Crippen LogP contribution in [0.1, 0.15) is 17.5 Å². The number of para-hydroxylation sites is 1. The Hall–Kier alpha value is -2.53. The topological polar surface area (TPSA) is 106 Å². The minimum atomic E-state index is -0.0170. The SMILES string of the molecule is O.O=C(CCN1CCOCC1)Nc1ccc2c(c1)N(C(=O)CN1CCOCC1)c1ccccc1CC2.[Cl-]. The van der Waals surface area contributed by atoms with Gasteiger partial charge in [-0.2, -0.15) is 0 Å². The average Bonchev–Trinajstić information content (AvgIpc) is 3.05. The van der Waals surface area contributed by atoms with Gasteiger partial charge in [-0.1, -0.05) is 24.3 Å². The predicted molar refractivity (Wildman–Crippen MR) is 139 cm³/mol. The van der Waals surface area contributed by atoms with E-state index < -0.39 is 0 Å². The molecular formula is C27H36ClN4O5-. The van der Waals surface area contributed by atoms with Crippen molar-refractivity contribution in [1.82, 2.24) is 9.80 Å². The van der Waals surface area contributed by atoms with E-state index in [1.54, 1.807) is 0 Å². The summed E-state index contributed by atoms with van der Waals surface area (Å²) in [6, 6.07) is 14.1. The molecule has 10 heteroatoms. The van der Waals surface area contributed by atoms with E-state index in [1.165, 1.54) is 0 Å². The zero-order valence-electron chi connectivity index (χ0n) is 21.1. The van der Waals surface area contributed by atoms with Crippen LogP contribution < -0.4 is 22.6 Å². The third-order valence-electron chi connectivity index (χ3n) is 6.98. The number of amides is 2. The molecule has 202 valence electrons. The Morgan fingerprint density at radius 1 is 0.811 bits per heavy atom. The highest BCUT2D eigenvalue weighted by molar-refractivity contribution is 6.04. The van der Waals surface area contributed by atoms with E-state index in [0.29, 0.717) is 26.2 Å². The van der Waals surface area contributed by atoms with Crippen LogP contribution in [-0.2, 0) is 31.9 Å². The molecule has 0 atom stereocenters. The van der Waals surface area contributed by atoms with Crippen molar-refractivity contribution in [3.8, 4) is 0 Å². The third-order valence-corrected chi connectivity index (χ3v) is 6.98. The quantitative estimate of drug-likeness (QED) is 0.493. The molecule has 2 saturated heterocycles. The fourth-order valence-corrected chi connectivity index (χ4v) is 5.00. The van der Waals surface area contributed by atoms with Gasteiger partial charge in [0.15, 0.2) is 0 Å². The molecule has 3 N–H and O–H groups in total. The zero-order valence-corrected chi connectivity index (χ0v) is 21.8. The molecule has 2 aromatic rings. The zero-order chi connectivity index (χ0) is 24.0. The number of halogens is 1. The van der Waals surface area contributed by atoms with Gasteiger partial charge in [-0.25, -0.2) is 0 Å². The summed E-state index contributed by atoms with van der Waals surface area (Å²) in [5, 5.41) is 3.06. The predicted octanol–water partition coefficient (Wildman–Crippen LogP) is -1.38. The van der Waals surface area contributed by atoms with E-state index in [1.807, 2.05) is 41.3 Å². The highest BCUT2D eigenvalue weighted by Crippen LogP contribution is 2.37. The lowest BCUT2D eigenvalue weighted by Crippen LogP contribution is -3.00. The number of fused-ring (bicyclic) bond motifs is 2. The second-order valence-corrected chi connectivity index (χ2v) is 9.34. The van der Waals surface area contributed by atoms with Gasteiger partial charge in [0.1, 0.15) is 0 Å². The van der Waals surface area contributed by atoms with E-state index in [4.69, 9.17) is 9.47 Å². The normalized spacial score (nSPS) is 17.9. The number of carbonyl (C=O) groups excluding carboxylic acids is 2. The number of hydrogen-bond acceptors (Lipinski definition) is 6. The van der Waals surface area contributed by atoms with E-state index in [-0.39, 0.29) is 29.7 Å². The van der Waals surface area contributed by atoms with Crippen molar-refractivity contribution in [2.75, 3.05) is 75.9 Å². The summed E-state index contributed by atoms with van der Waals surface area (Å²) in [4.78, 5) is 32.7. The first-order valence-corrected chi connectivity index (χ1v) is 12.6. The summed E-state index contributed by atoms with van der Waals surface area (Å²) < 4.78 is 10.8. The number of nitrogens with zero attached hydrogens (tertiary/aromatic N) is 3. The molecule has 2 amide bonds. The molecule has 0 aliphatic carbocycles. The van der Waals surface area contributed by atoms with Gasteiger partial charge in [-0.15, -0.1) is 0 Å². The van der Waals surface area contributed by atoms with Crippen molar-refractivity contribution in [2.45, 2.75) is 19.3 Å². The Morgan fingerprint density at radius 2 is 1.43 bits per heavy atom. The molecule has 2 fully saturated rings. The Bertz CT molecular complexity index is 1060. The number of morpholine rings is 2. The maximum absolute atomic E-state index is 13.7. The minimum absolute atomic E-state index is 0. The standard InChI is InChI=1S/C27H34N4O4.ClH.H2O/c32-26(9-10-29-11-15-34-16-12-29)28-23-8-7-22-6-5-21-3-1-2-4-24(21)31(25(22)19-23)27(33)20-30-13-17-35-18-14-30;;/h1-4,7-8,19H,5-6,9-18,20H2,(H,28,32);1H;1H2/p-1. The molecule has 0 spiro atoms. The average molecular weight is 532 g/mol. The fourth-order valence-electron chi connectivity index (χ4n) is 5.00. The van der Waals surface area contributed by atoms with E-state index in [0.717, 1.165) is 87.0 Å². The number of carbonyl (C=O) groups is 2. The first kappa shape index (κ1) is 29.0. The highest BCUT2D eigenvalue weighted by atomic mass is 35.5. The summed E-state index contributed by atoms with van der Waals surface area (Å²) in [7, 11) is 0. The molecule has 0 unspecified atom stereocenters. The Balaban J connectivity index is 0.00000190. The van der Waals surface area contributed by atoms with Gasteiger partial charge >= 0.3 is 0 Å². The molecule has 0 radical (unpaired) electrons. The summed E-state index contributed by atoms with van der Waals surface area (Å²) in [6.45, 7) is 7.07. The maximum atomic E-state index is 13.7. The molecular weight excluding hydrogens is 496 g/mol. The third kappa shape index (κ3) is 7.28. The van der Waals surface area contributed by atoms with Gasteiger partial charge in [-0.05, 0) is 42.2 Å². The number of aryl methyl sites for hydroxylation is 2. The molecule has 3 aliphatic rings. The lowest BCUT2D eigenvalue weighted by atomic mass is 10.0. The minimum Gasteiger partial charge on any atom is -1.00 e. The highest BCUT2D eigenvalue weighted by Gasteiger charge is 2.28. The summed E-state index contributed by atoms with van der Waals surface area (Å²) >= 11 is 0. The van der Waals surface area contributed by atoms with Crippen LogP contribution >= 0.6 is 0 Å². The Labute approximate surface area is 224 Å². The second-order valence-electron chi connectivity index (χ2n) is 9.34. The molecule has 0 bridgehead atoms. The van der Waals surface area contributed by atoms with Gasteiger partial charge in [0.05, 0.1) is 44.3 Å². The summed E-state index contributed by atoms with van der Waals surface area (Å²) in [5.41, 5.74) is 4.79. The number of benzene rings is 2.